The largest absolute Gasteiger partial charge is 0.478 e. The van der Waals surface area contributed by atoms with E-state index in [9.17, 15) is 19.1 Å². The predicted octanol–water partition coefficient (Wildman–Crippen LogP) is 2.87. The number of halogens is 2. The molecule has 3 rings (SSSR count). The second-order valence-corrected chi connectivity index (χ2v) is 4.93. The Hall–Kier alpha value is -2.40. The summed E-state index contributed by atoms with van der Waals surface area (Å²) in [6.45, 7) is 0. The van der Waals surface area contributed by atoms with Crippen LogP contribution in [-0.4, -0.2) is 16.9 Å². The number of ether oxygens (including phenoxy) is 1. The third-order valence-corrected chi connectivity index (χ3v) is 3.52. The van der Waals surface area contributed by atoms with Gasteiger partial charge in [-0.1, -0.05) is 23.7 Å². The minimum Gasteiger partial charge on any atom is -0.478 e. The van der Waals surface area contributed by atoms with Crippen molar-refractivity contribution in [1.29, 1.82) is 0 Å². The van der Waals surface area contributed by atoms with Crippen molar-refractivity contribution in [2.45, 2.75) is 6.10 Å². The molecule has 1 unspecified atom stereocenters. The van der Waals surface area contributed by atoms with Crippen LogP contribution in [0.25, 0.3) is 0 Å². The number of hydrogen-bond donors (Lipinski definition) is 1. The lowest BCUT2D eigenvalue weighted by atomic mass is 9.94. The summed E-state index contributed by atoms with van der Waals surface area (Å²) in [4.78, 5) is 23.4. The summed E-state index contributed by atoms with van der Waals surface area (Å²) >= 11 is 5.95. The molecular weight excluding hydrogens is 299 g/mol. The van der Waals surface area contributed by atoms with Crippen LogP contribution in [0.5, 0.6) is 0 Å². The van der Waals surface area contributed by atoms with Crippen molar-refractivity contribution in [3.63, 3.8) is 0 Å². The lowest BCUT2D eigenvalue weighted by Crippen LogP contribution is -2.12. The molecule has 1 aliphatic heterocycles. The Labute approximate surface area is 123 Å². The van der Waals surface area contributed by atoms with E-state index in [4.69, 9.17) is 16.3 Å². The van der Waals surface area contributed by atoms with Crippen LogP contribution in [0.1, 0.15) is 11.7 Å². The van der Waals surface area contributed by atoms with Crippen LogP contribution in [0.3, 0.4) is 0 Å². The normalized spacial score (nSPS) is 20.7. The molecule has 0 radical (unpaired) electrons. The van der Waals surface area contributed by atoms with Crippen molar-refractivity contribution in [2.24, 2.45) is 0 Å². The van der Waals surface area contributed by atoms with Gasteiger partial charge in [-0.2, -0.15) is 0 Å². The lowest BCUT2D eigenvalue weighted by molar-refractivity contribution is -0.133. The fourth-order valence-electron chi connectivity index (χ4n) is 2.34. The molecule has 0 fully saturated rings. The molecule has 1 atom stereocenters. The van der Waals surface area contributed by atoms with Crippen molar-refractivity contribution >= 4 is 23.4 Å². The van der Waals surface area contributed by atoms with Gasteiger partial charge in [-0.15, -0.1) is 0 Å². The maximum atomic E-state index is 13.3. The molecule has 4 nitrogen and oxygen atoms in total. The van der Waals surface area contributed by atoms with Gasteiger partial charge in [0, 0.05) is 5.56 Å². The van der Waals surface area contributed by atoms with Crippen LogP contribution in [0.2, 0.25) is 0 Å². The molecule has 1 heterocycles. The van der Waals surface area contributed by atoms with Gasteiger partial charge in [-0.3, -0.25) is 4.79 Å². The quantitative estimate of drug-likeness (QED) is 0.912. The molecule has 21 heavy (non-hydrogen) atoms. The number of benzene rings is 1. The molecule has 6 heteroatoms. The Balaban J connectivity index is 2.19. The van der Waals surface area contributed by atoms with E-state index >= 15 is 0 Å². The number of carboxylic acids is 1. The van der Waals surface area contributed by atoms with Crippen LogP contribution in [0, 0.1) is 5.82 Å². The molecule has 0 saturated carbocycles. The van der Waals surface area contributed by atoms with Crippen LogP contribution in [0.4, 0.5) is 4.39 Å². The number of rotatable bonds is 2. The number of fused-ring (bicyclic) bond motifs is 1. The molecule has 1 aromatic rings. The first-order chi connectivity index (χ1) is 9.99. The van der Waals surface area contributed by atoms with Gasteiger partial charge in [0.25, 0.3) is 0 Å². The molecule has 0 amide bonds. The summed E-state index contributed by atoms with van der Waals surface area (Å²) in [5.41, 5.74) is -0.00794. The Morgan fingerprint density at radius 1 is 1.33 bits per heavy atom. The van der Waals surface area contributed by atoms with Crippen molar-refractivity contribution in [2.75, 3.05) is 0 Å². The van der Waals surface area contributed by atoms with Gasteiger partial charge in [0.1, 0.15) is 5.82 Å². The second-order valence-electron chi connectivity index (χ2n) is 4.52. The highest BCUT2D eigenvalue weighted by atomic mass is 35.5. The van der Waals surface area contributed by atoms with Gasteiger partial charge in [-0.25, -0.2) is 9.18 Å². The van der Waals surface area contributed by atoms with Gasteiger partial charge < -0.3 is 9.84 Å². The first kappa shape index (κ1) is 13.6. The third kappa shape index (κ3) is 2.15. The van der Waals surface area contributed by atoms with Crippen molar-refractivity contribution in [1.82, 2.24) is 0 Å². The number of ketones is 1. The molecule has 106 valence electrons. The fourth-order valence-corrected chi connectivity index (χ4v) is 2.54. The van der Waals surface area contributed by atoms with Gasteiger partial charge in [0.15, 0.2) is 17.6 Å². The van der Waals surface area contributed by atoms with Crippen molar-refractivity contribution in [3.8, 4) is 0 Å². The molecule has 0 spiro atoms. The Bertz CT molecular complexity index is 761. The summed E-state index contributed by atoms with van der Waals surface area (Å²) < 4.78 is 18.9. The first-order valence-corrected chi connectivity index (χ1v) is 6.39. The lowest BCUT2D eigenvalue weighted by Gasteiger charge is -2.14. The number of carboxylic acid groups (broad SMARTS) is 1. The van der Waals surface area contributed by atoms with E-state index in [2.05, 4.69) is 0 Å². The Morgan fingerprint density at radius 2 is 2.10 bits per heavy atom. The molecule has 1 N–H and O–H groups in total. The van der Waals surface area contributed by atoms with E-state index in [1.54, 1.807) is 0 Å². The van der Waals surface area contributed by atoms with Gasteiger partial charge >= 0.3 is 5.97 Å². The van der Waals surface area contributed by atoms with E-state index < -0.39 is 23.7 Å². The fraction of sp³-hybridized carbons (Fsp3) is 0.0667. The highest BCUT2D eigenvalue weighted by molar-refractivity contribution is 6.34. The number of allylic oxidation sites excluding steroid dienone is 4. The summed E-state index contributed by atoms with van der Waals surface area (Å²) in [5.74, 6) is -2.30. The molecule has 0 bridgehead atoms. The predicted molar refractivity (Wildman–Crippen MR) is 71.9 cm³/mol. The maximum Gasteiger partial charge on any atom is 0.336 e. The van der Waals surface area contributed by atoms with Gasteiger partial charge in [0.05, 0.1) is 16.2 Å². The maximum absolute atomic E-state index is 13.3. The molecule has 2 aliphatic rings. The number of hydrogen-bond acceptors (Lipinski definition) is 3. The minimum absolute atomic E-state index is 0.0239. The zero-order valence-corrected chi connectivity index (χ0v) is 11.2. The molecule has 0 saturated heterocycles. The number of carbonyl (C=O) groups is 2. The van der Waals surface area contributed by atoms with E-state index in [0.717, 1.165) is 6.07 Å². The highest BCUT2D eigenvalue weighted by Gasteiger charge is 2.41. The molecular formula is C15H8ClFO4. The summed E-state index contributed by atoms with van der Waals surface area (Å²) in [5, 5.41) is 9.52. The van der Waals surface area contributed by atoms with E-state index in [0.29, 0.717) is 5.56 Å². The smallest absolute Gasteiger partial charge is 0.336 e. The second kappa shape index (κ2) is 4.86. The highest BCUT2D eigenvalue weighted by Crippen LogP contribution is 2.44. The van der Waals surface area contributed by atoms with Crippen LogP contribution >= 0.6 is 11.6 Å². The average molecular weight is 307 g/mol. The van der Waals surface area contributed by atoms with Gasteiger partial charge in [0.2, 0.25) is 0 Å². The third-order valence-electron chi connectivity index (χ3n) is 3.22. The average Bonchev–Trinajstić information content (AvgIpc) is 2.85. The standard InChI is InChI=1S/C15H8ClFO4/c16-9-4-5-10(18)11-12(15(19)20)13(21-14(9)11)7-2-1-3-8(17)6-7/h1-6,13H,(H,19,20). The molecule has 1 aromatic carbocycles. The molecule has 0 aromatic heterocycles. The first-order valence-electron chi connectivity index (χ1n) is 6.01. The summed E-state index contributed by atoms with van der Waals surface area (Å²) in [6, 6.07) is 5.37. The topological polar surface area (TPSA) is 63.6 Å². The Kier molecular flexibility index (Phi) is 3.14. The number of aliphatic carboxylic acids is 1. The zero-order valence-electron chi connectivity index (χ0n) is 10.5. The zero-order chi connectivity index (χ0) is 15.1. The van der Waals surface area contributed by atoms with Crippen LogP contribution in [0.15, 0.2) is 58.4 Å². The Morgan fingerprint density at radius 3 is 2.76 bits per heavy atom. The molecule has 1 aliphatic carbocycles. The van der Waals surface area contributed by atoms with E-state index in [-0.39, 0.29) is 21.9 Å². The number of carbonyl (C=O) groups excluding carboxylic acids is 1. The van der Waals surface area contributed by atoms with E-state index in [1.165, 1.54) is 30.4 Å². The summed E-state index contributed by atoms with van der Waals surface area (Å²) in [7, 11) is 0. The SMILES string of the molecule is O=C(O)C1=C2C(=O)C=CC(Cl)=C2OC1c1cccc(F)c1. The van der Waals surface area contributed by atoms with Crippen LogP contribution < -0.4 is 0 Å². The van der Waals surface area contributed by atoms with Crippen LogP contribution in [-0.2, 0) is 14.3 Å². The minimum atomic E-state index is -1.30. The van der Waals surface area contributed by atoms with Crippen molar-refractivity contribution in [3.05, 3.63) is 69.7 Å². The van der Waals surface area contributed by atoms with Crippen molar-refractivity contribution < 1.29 is 23.8 Å². The van der Waals surface area contributed by atoms with Gasteiger partial charge in [-0.05, 0) is 24.3 Å². The summed E-state index contributed by atoms with van der Waals surface area (Å²) in [6.07, 6.45) is 1.46. The monoisotopic (exact) mass is 306 g/mol. The van der Waals surface area contributed by atoms with E-state index in [1.807, 2.05) is 0 Å².